The van der Waals surface area contributed by atoms with E-state index in [4.69, 9.17) is 5.73 Å². The number of amides is 1. The van der Waals surface area contributed by atoms with Crippen molar-refractivity contribution >= 4 is 29.7 Å². The summed E-state index contributed by atoms with van der Waals surface area (Å²) in [4.78, 5) is 13.4. The third-order valence-corrected chi connectivity index (χ3v) is 4.83. The van der Waals surface area contributed by atoms with Crippen molar-refractivity contribution in [2.75, 3.05) is 0 Å². The molecule has 1 aromatic heterocycles. The first-order valence-electron chi connectivity index (χ1n) is 8.15. The van der Waals surface area contributed by atoms with Crippen molar-refractivity contribution in [1.29, 1.82) is 0 Å². The third kappa shape index (κ3) is 5.93. The first-order chi connectivity index (χ1) is 11.0. The van der Waals surface area contributed by atoms with Crippen molar-refractivity contribution < 1.29 is 4.79 Å². The van der Waals surface area contributed by atoms with Gasteiger partial charge in [-0.1, -0.05) is 44.2 Å². The Morgan fingerprint density at radius 1 is 1.12 bits per heavy atom. The van der Waals surface area contributed by atoms with Crippen LogP contribution in [0.5, 0.6) is 0 Å². The molecule has 0 saturated carbocycles. The Morgan fingerprint density at radius 2 is 1.75 bits per heavy atom. The molecule has 132 valence electrons. The fourth-order valence-electron chi connectivity index (χ4n) is 2.44. The predicted molar refractivity (Wildman–Crippen MR) is 105 cm³/mol. The molecule has 0 spiro atoms. The second-order valence-corrected chi connectivity index (χ2v) is 7.33. The summed E-state index contributed by atoms with van der Waals surface area (Å²) in [6.45, 7) is 6.29. The Kier molecular flexibility index (Phi) is 8.46. The van der Waals surface area contributed by atoms with Gasteiger partial charge in [0.2, 0.25) is 5.91 Å². The Bertz CT molecular complexity index is 609. The number of hydrogen-bond acceptors (Lipinski definition) is 3. The Balaban J connectivity index is 0.00000288. The van der Waals surface area contributed by atoms with E-state index in [-0.39, 0.29) is 30.4 Å². The lowest BCUT2D eigenvalue weighted by Gasteiger charge is -2.19. The van der Waals surface area contributed by atoms with Crippen LogP contribution in [0.3, 0.4) is 0 Å². The van der Waals surface area contributed by atoms with E-state index in [1.165, 1.54) is 5.56 Å². The van der Waals surface area contributed by atoms with Gasteiger partial charge < -0.3 is 11.1 Å². The Hall–Kier alpha value is -1.36. The molecule has 3 nitrogen and oxygen atoms in total. The molecule has 1 aromatic carbocycles. The second-order valence-electron chi connectivity index (χ2n) is 6.35. The zero-order valence-electron chi connectivity index (χ0n) is 14.5. The van der Waals surface area contributed by atoms with Crippen molar-refractivity contribution in [2.24, 2.45) is 5.73 Å². The van der Waals surface area contributed by atoms with Crippen molar-refractivity contribution in [3.8, 4) is 0 Å². The lowest BCUT2D eigenvalue weighted by molar-refractivity contribution is -0.121. The molecule has 0 saturated heterocycles. The van der Waals surface area contributed by atoms with Gasteiger partial charge in [-0.25, -0.2) is 0 Å². The highest BCUT2D eigenvalue weighted by atomic mass is 35.5. The lowest BCUT2D eigenvalue weighted by atomic mass is 9.98. The molecule has 0 aliphatic carbocycles. The van der Waals surface area contributed by atoms with Crippen molar-refractivity contribution in [3.05, 3.63) is 57.8 Å². The lowest BCUT2D eigenvalue weighted by Crippen LogP contribution is -2.30. The first kappa shape index (κ1) is 20.7. The molecule has 0 aliphatic rings. The highest BCUT2D eigenvalue weighted by Crippen LogP contribution is 2.27. The fraction of sp³-hybridized carbons (Fsp3) is 0.421. The predicted octanol–water partition coefficient (Wildman–Crippen LogP) is 4.63. The van der Waals surface area contributed by atoms with Crippen LogP contribution in [0.25, 0.3) is 0 Å². The zero-order valence-corrected chi connectivity index (χ0v) is 16.1. The molecule has 3 N–H and O–H groups in total. The van der Waals surface area contributed by atoms with E-state index in [9.17, 15) is 4.79 Å². The molecule has 0 radical (unpaired) electrons. The summed E-state index contributed by atoms with van der Waals surface area (Å²) < 4.78 is 0. The minimum Gasteiger partial charge on any atom is -0.344 e. The molecule has 24 heavy (non-hydrogen) atoms. The molecule has 0 fully saturated rings. The molecular weight excluding hydrogens is 340 g/mol. The number of carbonyl (C=O) groups is 1. The maximum Gasteiger partial charge on any atom is 0.220 e. The summed E-state index contributed by atoms with van der Waals surface area (Å²) in [5.41, 5.74) is 8.17. The van der Waals surface area contributed by atoms with E-state index in [0.717, 1.165) is 10.4 Å². The van der Waals surface area contributed by atoms with Crippen LogP contribution in [-0.2, 0) is 4.79 Å². The van der Waals surface area contributed by atoms with E-state index in [0.29, 0.717) is 18.8 Å². The maximum absolute atomic E-state index is 12.2. The summed E-state index contributed by atoms with van der Waals surface area (Å²) in [7, 11) is 0. The summed E-state index contributed by atoms with van der Waals surface area (Å²) in [6.07, 6.45) is 1.17. The molecule has 2 atom stereocenters. The van der Waals surface area contributed by atoms with Gasteiger partial charge in [-0.2, -0.15) is 0 Å². The van der Waals surface area contributed by atoms with Gasteiger partial charge in [0.05, 0.1) is 6.04 Å². The highest BCUT2D eigenvalue weighted by molar-refractivity contribution is 7.10. The molecule has 0 bridgehead atoms. The van der Waals surface area contributed by atoms with Gasteiger partial charge in [0.15, 0.2) is 0 Å². The third-order valence-electron chi connectivity index (χ3n) is 3.90. The van der Waals surface area contributed by atoms with Crippen molar-refractivity contribution in [3.63, 3.8) is 0 Å². The number of hydrogen-bond donors (Lipinski definition) is 2. The van der Waals surface area contributed by atoms with Crippen LogP contribution in [0.1, 0.15) is 61.6 Å². The molecule has 2 unspecified atom stereocenters. The summed E-state index contributed by atoms with van der Waals surface area (Å²) in [5.74, 6) is 0.554. The largest absolute Gasteiger partial charge is 0.344 e. The van der Waals surface area contributed by atoms with Gasteiger partial charge in [-0.15, -0.1) is 23.7 Å². The van der Waals surface area contributed by atoms with E-state index in [1.54, 1.807) is 11.3 Å². The summed E-state index contributed by atoms with van der Waals surface area (Å²) in [6, 6.07) is 12.6. The van der Waals surface area contributed by atoms with Crippen LogP contribution in [0.15, 0.2) is 41.8 Å². The number of thiophene rings is 1. The Labute approximate surface area is 155 Å². The van der Waals surface area contributed by atoms with E-state index < -0.39 is 0 Å². The monoisotopic (exact) mass is 366 g/mol. The first-order valence-corrected chi connectivity index (χ1v) is 9.03. The van der Waals surface area contributed by atoms with Gasteiger partial charge in [-0.3, -0.25) is 4.79 Å². The average molecular weight is 367 g/mol. The summed E-state index contributed by atoms with van der Waals surface area (Å²) in [5, 5.41) is 5.20. The van der Waals surface area contributed by atoms with Gasteiger partial charge in [-0.05, 0) is 41.8 Å². The smallest absolute Gasteiger partial charge is 0.220 e. The van der Waals surface area contributed by atoms with Crippen LogP contribution < -0.4 is 11.1 Å². The number of benzene rings is 1. The second kappa shape index (κ2) is 9.82. The van der Waals surface area contributed by atoms with Gasteiger partial charge >= 0.3 is 0 Å². The van der Waals surface area contributed by atoms with Crippen molar-refractivity contribution in [2.45, 2.75) is 51.6 Å². The van der Waals surface area contributed by atoms with E-state index in [2.05, 4.69) is 49.5 Å². The molecule has 2 aromatic rings. The van der Waals surface area contributed by atoms with E-state index >= 15 is 0 Å². The molecular formula is C19H27ClN2OS. The minimum atomic E-state index is -0.0863. The van der Waals surface area contributed by atoms with Crippen LogP contribution in [0, 0.1) is 0 Å². The van der Waals surface area contributed by atoms with Crippen LogP contribution in [-0.4, -0.2) is 11.9 Å². The number of rotatable bonds is 7. The van der Waals surface area contributed by atoms with E-state index in [1.807, 2.05) is 18.4 Å². The molecule has 1 heterocycles. The van der Waals surface area contributed by atoms with Crippen LogP contribution in [0.2, 0.25) is 0 Å². The highest BCUT2D eigenvalue weighted by Gasteiger charge is 2.18. The summed E-state index contributed by atoms with van der Waals surface area (Å²) >= 11 is 1.66. The number of nitrogens with two attached hydrogens (primary N) is 1. The van der Waals surface area contributed by atoms with Crippen molar-refractivity contribution in [1.82, 2.24) is 5.32 Å². The quantitative estimate of drug-likeness (QED) is 0.750. The standard InChI is InChI=1S/C19H26N2OS.ClH/c1-13(2)15-7-9-16(10-8-15)19(17-5-4-12-23-17)21-18(22)11-6-14(3)20;/h4-5,7-10,12-14,19H,6,11,20H2,1-3H3,(H,21,22);1H. The molecule has 0 aliphatic heterocycles. The Morgan fingerprint density at radius 3 is 2.25 bits per heavy atom. The molecule has 5 heteroatoms. The van der Waals surface area contributed by atoms with Gasteiger partial charge in [0.25, 0.3) is 0 Å². The zero-order chi connectivity index (χ0) is 16.8. The fourth-order valence-corrected chi connectivity index (χ4v) is 3.24. The number of carbonyl (C=O) groups excluding carboxylic acids is 1. The molecule has 2 rings (SSSR count). The molecule has 1 amide bonds. The maximum atomic E-state index is 12.2. The SMILES string of the molecule is CC(N)CCC(=O)NC(c1ccc(C(C)C)cc1)c1cccs1.Cl. The van der Waals surface area contributed by atoms with Gasteiger partial charge in [0.1, 0.15) is 0 Å². The van der Waals surface area contributed by atoms with Gasteiger partial charge in [0, 0.05) is 17.3 Å². The minimum absolute atomic E-state index is 0. The number of nitrogens with one attached hydrogen (secondary N) is 1. The van der Waals surface area contributed by atoms with Crippen LogP contribution >= 0.6 is 23.7 Å². The average Bonchev–Trinajstić information content (AvgIpc) is 3.05. The normalized spacial score (nSPS) is 13.2. The topological polar surface area (TPSA) is 55.1 Å². The number of halogens is 1. The van der Waals surface area contributed by atoms with Crippen LogP contribution in [0.4, 0.5) is 0 Å².